The highest BCUT2D eigenvalue weighted by Crippen LogP contribution is 2.35. The minimum atomic E-state index is 0.825. The monoisotopic (exact) mass is 273 g/mol. The number of hydrogen-bond donors (Lipinski definition) is 1. The summed E-state index contributed by atoms with van der Waals surface area (Å²) in [4.78, 5) is 0. The van der Waals surface area contributed by atoms with Crippen LogP contribution in [0.25, 0.3) is 0 Å². The van der Waals surface area contributed by atoms with Crippen LogP contribution in [0.2, 0.25) is 0 Å². The SMILES string of the molecule is COc1cc2c(c(C)c1CC1CCNCC1)CCCC2. The predicted molar refractivity (Wildman–Crippen MR) is 83.7 cm³/mol. The lowest BCUT2D eigenvalue weighted by molar-refractivity contribution is 0.360. The number of fused-ring (bicyclic) bond motifs is 1. The molecular weight excluding hydrogens is 246 g/mol. The van der Waals surface area contributed by atoms with Crippen LogP contribution in [-0.4, -0.2) is 20.2 Å². The van der Waals surface area contributed by atoms with E-state index in [4.69, 9.17) is 4.74 Å². The number of nitrogens with one attached hydrogen (secondary N) is 1. The Morgan fingerprint density at radius 2 is 1.95 bits per heavy atom. The van der Waals surface area contributed by atoms with Crippen LogP contribution >= 0.6 is 0 Å². The van der Waals surface area contributed by atoms with E-state index in [0.717, 1.165) is 11.7 Å². The number of aryl methyl sites for hydroxylation is 1. The normalized spacial score (nSPS) is 19.7. The van der Waals surface area contributed by atoms with Gasteiger partial charge in [0.2, 0.25) is 0 Å². The molecule has 0 spiro atoms. The average Bonchev–Trinajstić information content (AvgIpc) is 2.51. The number of methoxy groups -OCH3 is 1. The number of rotatable bonds is 3. The molecule has 2 heteroatoms. The maximum Gasteiger partial charge on any atom is 0.122 e. The van der Waals surface area contributed by atoms with Gasteiger partial charge in [0.1, 0.15) is 5.75 Å². The highest BCUT2D eigenvalue weighted by atomic mass is 16.5. The van der Waals surface area contributed by atoms with Crippen molar-refractivity contribution in [3.8, 4) is 5.75 Å². The topological polar surface area (TPSA) is 21.3 Å². The van der Waals surface area contributed by atoms with Gasteiger partial charge >= 0.3 is 0 Å². The molecule has 0 bridgehead atoms. The van der Waals surface area contributed by atoms with Gasteiger partial charge in [-0.2, -0.15) is 0 Å². The highest BCUT2D eigenvalue weighted by molar-refractivity contribution is 5.50. The smallest absolute Gasteiger partial charge is 0.122 e. The van der Waals surface area contributed by atoms with Crippen molar-refractivity contribution >= 4 is 0 Å². The minimum Gasteiger partial charge on any atom is -0.496 e. The summed E-state index contributed by atoms with van der Waals surface area (Å²) in [5.41, 5.74) is 6.18. The van der Waals surface area contributed by atoms with Gasteiger partial charge in [0.15, 0.2) is 0 Å². The van der Waals surface area contributed by atoms with E-state index >= 15 is 0 Å². The molecule has 0 radical (unpaired) electrons. The molecular formula is C18H27NO. The van der Waals surface area contributed by atoms with Crippen molar-refractivity contribution in [1.29, 1.82) is 0 Å². The van der Waals surface area contributed by atoms with E-state index in [1.54, 1.807) is 11.1 Å². The van der Waals surface area contributed by atoms with E-state index < -0.39 is 0 Å². The van der Waals surface area contributed by atoms with Gasteiger partial charge in [-0.25, -0.2) is 0 Å². The second-order valence-corrected chi connectivity index (χ2v) is 6.42. The molecule has 3 rings (SSSR count). The Bertz CT molecular complexity index is 475. The Morgan fingerprint density at radius 1 is 1.20 bits per heavy atom. The van der Waals surface area contributed by atoms with Crippen LogP contribution in [0.5, 0.6) is 5.75 Å². The zero-order valence-electron chi connectivity index (χ0n) is 12.9. The molecule has 0 atom stereocenters. The molecule has 1 saturated heterocycles. The fourth-order valence-corrected chi connectivity index (χ4v) is 3.94. The van der Waals surface area contributed by atoms with E-state index in [1.165, 1.54) is 69.2 Å². The molecule has 0 aromatic heterocycles. The fraction of sp³-hybridized carbons (Fsp3) is 0.667. The summed E-state index contributed by atoms with van der Waals surface area (Å²) < 4.78 is 5.72. The molecule has 0 amide bonds. The van der Waals surface area contributed by atoms with E-state index in [2.05, 4.69) is 18.3 Å². The Balaban J connectivity index is 1.91. The van der Waals surface area contributed by atoms with E-state index in [1.807, 2.05) is 7.11 Å². The Morgan fingerprint density at radius 3 is 2.70 bits per heavy atom. The number of benzene rings is 1. The maximum absolute atomic E-state index is 5.72. The molecule has 1 aromatic carbocycles. The third-order valence-corrected chi connectivity index (χ3v) is 5.19. The zero-order valence-corrected chi connectivity index (χ0v) is 12.9. The van der Waals surface area contributed by atoms with E-state index in [-0.39, 0.29) is 0 Å². The lowest BCUT2D eigenvalue weighted by Gasteiger charge is -2.27. The minimum absolute atomic E-state index is 0.825. The van der Waals surface area contributed by atoms with Crippen LogP contribution in [0.3, 0.4) is 0 Å². The molecule has 1 aliphatic carbocycles. The van der Waals surface area contributed by atoms with Crippen LogP contribution in [0.4, 0.5) is 0 Å². The first-order chi connectivity index (χ1) is 9.79. The van der Waals surface area contributed by atoms with Crippen molar-refractivity contribution in [3.05, 3.63) is 28.3 Å². The molecule has 1 aliphatic heterocycles. The Kier molecular flexibility index (Phi) is 4.30. The maximum atomic E-state index is 5.72. The summed E-state index contributed by atoms with van der Waals surface area (Å²) in [6, 6.07) is 2.33. The summed E-state index contributed by atoms with van der Waals surface area (Å²) in [5.74, 6) is 1.96. The average molecular weight is 273 g/mol. The molecule has 1 fully saturated rings. The van der Waals surface area contributed by atoms with E-state index in [0.29, 0.717) is 0 Å². The van der Waals surface area contributed by atoms with Gasteiger partial charge in [-0.1, -0.05) is 0 Å². The first kappa shape index (κ1) is 13.9. The summed E-state index contributed by atoms with van der Waals surface area (Å²) in [7, 11) is 1.83. The van der Waals surface area contributed by atoms with Gasteiger partial charge in [0.25, 0.3) is 0 Å². The summed E-state index contributed by atoms with van der Waals surface area (Å²) in [5, 5.41) is 3.46. The van der Waals surface area contributed by atoms with Gasteiger partial charge in [-0.3, -0.25) is 0 Å². The third kappa shape index (κ3) is 2.71. The van der Waals surface area contributed by atoms with Crippen molar-refractivity contribution in [2.45, 2.75) is 51.9 Å². The molecule has 2 nitrogen and oxygen atoms in total. The Hall–Kier alpha value is -1.02. The summed E-state index contributed by atoms with van der Waals surface area (Å²) in [6.45, 7) is 4.68. The number of hydrogen-bond acceptors (Lipinski definition) is 2. The number of piperidine rings is 1. The van der Waals surface area contributed by atoms with Crippen LogP contribution in [0.15, 0.2) is 6.07 Å². The van der Waals surface area contributed by atoms with Crippen LogP contribution < -0.4 is 10.1 Å². The zero-order chi connectivity index (χ0) is 13.9. The van der Waals surface area contributed by atoms with Crippen LogP contribution in [-0.2, 0) is 19.3 Å². The molecule has 2 aliphatic rings. The fourth-order valence-electron chi connectivity index (χ4n) is 3.94. The van der Waals surface area contributed by atoms with Crippen LogP contribution in [0.1, 0.15) is 47.9 Å². The lowest BCUT2D eigenvalue weighted by atomic mass is 9.82. The van der Waals surface area contributed by atoms with Gasteiger partial charge in [-0.05, 0) is 99.2 Å². The van der Waals surface area contributed by atoms with Crippen molar-refractivity contribution in [1.82, 2.24) is 5.32 Å². The second kappa shape index (κ2) is 6.17. The summed E-state index contributed by atoms with van der Waals surface area (Å²) in [6.07, 6.45) is 9.00. The predicted octanol–water partition coefficient (Wildman–Crippen LogP) is 3.42. The first-order valence-corrected chi connectivity index (χ1v) is 8.18. The van der Waals surface area contributed by atoms with Gasteiger partial charge in [0.05, 0.1) is 7.11 Å². The molecule has 20 heavy (non-hydrogen) atoms. The van der Waals surface area contributed by atoms with E-state index in [9.17, 15) is 0 Å². The lowest BCUT2D eigenvalue weighted by Crippen LogP contribution is -2.29. The molecule has 0 saturated carbocycles. The first-order valence-electron chi connectivity index (χ1n) is 8.18. The quantitative estimate of drug-likeness (QED) is 0.911. The van der Waals surface area contributed by atoms with Gasteiger partial charge in [-0.15, -0.1) is 0 Å². The largest absolute Gasteiger partial charge is 0.496 e. The third-order valence-electron chi connectivity index (χ3n) is 5.19. The van der Waals surface area contributed by atoms with Crippen molar-refractivity contribution in [2.24, 2.45) is 5.92 Å². The molecule has 1 heterocycles. The van der Waals surface area contributed by atoms with Gasteiger partial charge in [0, 0.05) is 0 Å². The van der Waals surface area contributed by atoms with Gasteiger partial charge < -0.3 is 10.1 Å². The van der Waals surface area contributed by atoms with Crippen molar-refractivity contribution < 1.29 is 4.74 Å². The number of ether oxygens (including phenoxy) is 1. The standard InChI is InChI=1S/C18H27NO/c1-13-16-6-4-3-5-15(16)12-18(20-2)17(13)11-14-7-9-19-10-8-14/h12,14,19H,3-11H2,1-2H3. The molecule has 1 aromatic rings. The summed E-state index contributed by atoms with van der Waals surface area (Å²) >= 11 is 0. The molecule has 0 unspecified atom stereocenters. The van der Waals surface area contributed by atoms with Crippen molar-refractivity contribution in [3.63, 3.8) is 0 Å². The second-order valence-electron chi connectivity index (χ2n) is 6.42. The van der Waals surface area contributed by atoms with Crippen LogP contribution in [0, 0.1) is 12.8 Å². The highest BCUT2D eigenvalue weighted by Gasteiger charge is 2.21. The molecule has 110 valence electrons. The Labute approximate surface area is 122 Å². The molecule has 1 N–H and O–H groups in total. The van der Waals surface area contributed by atoms with Crippen molar-refractivity contribution in [2.75, 3.05) is 20.2 Å².